The molecule has 2 unspecified atom stereocenters. The third-order valence-electron chi connectivity index (χ3n) is 3.43. The summed E-state index contributed by atoms with van der Waals surface area (Å²) < 4.78 is 16.4. The average molecular weight is 262 g/mol. The molecule has 1 aliphatic rings. The molecule has 0 saturated carbocycles. The maximum absolute atomic E-state index is 10.0. The molecule has 0 bridgehead atoms. The molecule has 4 nitrogen and oxygen atoms in total. The van der Waals surface area contributed by atoms with Crippen LogP contribution in [0.5, 0.6) is 0 Å². The van der Waals surface area contributed by atoms with E-state index in [-0.39, 0.29) is 6.61 Å². The molecule has 2 aromatic rings. The fourth-order valence-corrected chi connectivity index (χ4v) is 2.31. The molecule has 1 aromatic carbocycles. The van der Waals surface area contributed by atoms with Gasteiger partial charge in [-0.25, -0.2) is 0 Å². The van der Waals surface area contributed by atoms with Crippen LogP contribution >= 0.6 is 0 Å². The first-order chi connectivity index (χ1) is 9.33. The van der Waals surface area contributed by atoms with Crippen molar-refractivity contribution < 1.29 is 19.0 Å². The predicted octanol–water partition coefficient (Wildman–Crippen LogP) is 2.52. The number of rotatable bonds is 5. The van der Waals surface area contributed by atoms with Crippen molar-refractivity contribution in [3.63, 3.8) is 0 Å². The minimum absolute atomic E-state index is 0.260. The van der Waals surface area contributed by atoms with Gasteiger partial charge < -0.3 is 19.0 Å². The summed E-state index contributed by atoms with van der Waals surface area (Å²) in [6.45, 7) is 2.48. The first kappa shape index (κ1) is 12.7. The summed E-state index contributed by atoms with van der Waals surface area (Å²) in [5.74, 6) is 1.02. The van der Waals surface area contributed by atoms with E-state index in [1.54, 1.807) is 0 Å². The van der Waals surface area contributed by atoms with Crippen molar-refractivity contribution in [1.82, 2.24) is 0 Å². The zero-order chi connectivity index (χ0) is 13.1. The van der Waals surface area contributed by atoms with Crippen LogP contribution in [0.1, 0.15) is 18.3 Å². The number of aliphatic hydroxyl groups excluding tert-OH is 1. The van der Waals surface area contributed by atoms with Crippen LogP contribution in [0.2, 0.25) is 0 Å². The van der Waals surface area contributed by atoms with Gasteiger partial charge in [0.2, 0.25) is 0 Å². The van der Waals surface area contributed by atoms with Gasteiger partial charge in [-0.1, -0.05) is 18.2 Å². The molecule has 4 heteroatoms. The largest absolute Gasteiger partial charge is 0.458 e. The zero-order valence-corrected chi connectivity index (χ0v) is 10.7. The minimum Gasteiger partial charge on any atom is -0.458 e. The Balaban J connectivity index is 1.55. The number of hydrogen-bond acceptors (Lipinski definition) is 4. The highest BCUT2D eigenvalue weighted by atomic mass is 16.5. The summed E-state index contributed by atoms with van der Waals surface area (Å²) in [5, 5.41) is 11.0. The van der Waals surface area contributed by atoms with Crippen molar-refractivity contribution >= 4 is 11.0 Å². The molecule has 102 valence electrons. The third-order valence-corrected chi connectivity index (χ3v) is 3.43. The van der Waals surface area contributed by atoms with Gasteiger partial charge in [-0.3, -0.25) is 0 Å². The number of hydrogen-bond donors (Lipinski definition) is 1. The van der Waals surface area contributed by atoms with Crippen LogP contribution in [0, 0.1) is 5.92 Å². The lowest BCUT2D eigenvalue weighted by Gasteiger charge is -2.11. The highest BCUT2D eigenvalue weighted by Gasteiger charge is 2.18. The average Bonchev–Trinajstić information content (AvgIpc) is 3.07. The topological polar surface area (TPSA) is 51.8 Å². The highest BCUT2D eigenvalue weighted by Crippen LogP contribution is 2.24. The van der Waals surface area contributed by atoms with E-state index in [1.165, 1.54) is 0 Å². The van der Waals surface area contributed by atoms with E-state index in [4.69, 9.17) is 13.9 Å². The Labute approximate surface area is 111 Å². The normalized spacial score (nSPS) is 21.0. The molecule has 3 rings (SSSR count). The Hall–Kier alpha value is -1.36. The third kappa shape index (κ3) is 2.97. The fourth-order valence-electron chi connectivity index (χ4n) is 2.31. The van der Waals surface area contributed by atoms with Crippen LogP contribution < -0.4 is 0 Å². The maximum Gasteiger partial charge on any atom is 0.136 e. The second-order valence-electron chi connectivity index (χ2n) is 4.97. The van der Waals surface area contributed by atoms with E-state index in [9.17, 15) is 5.11 Å². The first-order valence-corrected chi connectivity index (χ1v) is 6.65. The van der Waals surface area contributed by atoms with Crippen LogP contribution in [-0.4, -0.2) is 31.5 Å². The molecular formula is C15H18O4. The Morgan fingerprint density at radius 3 is 3.05 bits per heavy atom. The number of fused-ring (bicyclic) bond motifs is 1. The standard InChI is InChI=1S/C15H18O4/c16-13(10-18-9-11-5-6-17-8-11)15-7-12-3-1-2-4-14(12)19-15/h1-4,7,11,13,16H,5-6,8-10H2. The lowest BCUT2D eigenvalue weighted by molar-refractivity contribution is 0.0102. The summed E-state index contributed by atoms with van der Waals surface area (Å²) in [5.41, 5.74) is 0.792. The summed E-state index contributed by atoms with van der Waals surface area (Å²) in [6.07, 6.45) is 0.329. The van der Waals surface area contributed by atoms with Crippen molar-refractivity contribution in [2.75, 3.05) is 26.4 Å². The summed E-state index contributed by atoms with van der Waals surface area (Å²) in [7, 11) is 0. The van der Waals surface area contributed by atoms with Crippen LogP contribution in [0.3, 0.4) is 0 Å². The van der Waals surface area contributed by atoms with E-state index in [0.29, 0.717) is 18.3 Å². The van der Waals surface area contributed by atoms with Crippen LogP contribution in [-0.2, 0) is 9.47 Å². The van der Waals surface area contributed by atoms with Gasteiger partial charge in [0, 0.05) is 17.9 Å². The van der Waals surface area contributed by atoms with Crippen LogP contribution in [0.4, 0.5) is 0 Å². The number of aliphatic hydroxyl groups is 1. The molecule has 2 atom stereocenters. The smallest absolute Gasteiger partial charge is 0.136 e. The van der Waals surface area contributed by atoms with Gasteiger partial charge in [0.05, 0.1) is 19.8 Å². The highest BCUT2D eigenvalue weighted by molar-refractivity contribution is 5.77. The molecule has 19 heavy (non-hydrogen) atoms. The van der Waals surface area contributed by atoms with Gasteiger partial charge in [0.15, 0.2) is 0 Å². The Kier molecular flexibility index (Phi) is 3.82. The van der Waals surface area contributed by atoms with Gasteiger partial charge in [-0.2, -0.15) is 0 Å². The molecule has 1 fully saturated rings. The molecule has 0 radical (unpaired) electrons. The number of furan rings is 1. The van der Waals surface area contributed by atoms with Gasteiger partial charge in [-0.15, -0.1) is 0 Å². The van der Waals surface area contributed by atoms with Crippen LogP contribution in [0.15, 0.2) is 34.7 Å². The van der Waals surface area contributed by atoms with Gasteiger partial charge in [0.1, 0.15) is 17.4 Å². The Morgan fingerprint density at radius 1 is 1.37 bits per heavy atom. The maximum atomic E-state index is 10.0. The first-order valence-electron chi connectivity index (χ1n) is 6.65. The molecule has 1 aliphatic heterocycles. The van der Waals surface area contributed by atoms with E-state index in [1.807, 2.05) is 30.3 Å². The number of para-hydroxylation sites is 1. The van der Waals surface area contributed by atoms with Gasteiger partial charge in [-0.05, 0) is 18.6 Å². The predicted molar refractivity (Wildman–Crippen MR) is 70.9 cm³/mol. The fraction of sp³-hybridized carbons (Fsp3) is 0.467. The SMILES string of the molecule is OC(COCC1CCOC1)c1cc2ccccc2o1. The van der Waals surface area contributed by atoms with Gasteiger partial charge >= 0.3 is 0 Å². The lowest BCUT2D eigenvalue weighted by Crippen LogP contribution is -2.13. The second-order valence-corrected chi connectivity index (χ2v) is 4.97. The lowest BCUT2D eigenvalue weighted by atomic mass is 10.1. The van der Waals surface area contributed by atoms with Crippen molar-refractivity contribution in [2.45, 2.75) is 12.5 Å². The second kappa shape index (κ2) is 5.74. The van der Waals surface area contributed by atoms with Gasteiger partial charge in [0.25, 0.3) is 0 Å². The van der Waals surface area contributed by atoms with E-state index in [0.717, 1.165) is 30.6 Å². The zero-order valence-electron chi connectivity index (χ0n) is 10.7. The molecule has 1 N–H and O–H groups in total. The molecule has 0 spiro atoms. The van der Waals surface area contributed by atoms with Crippen molar-refractivity contribution in [2.24, 2.45) is 5.92 Å². The molecule has 0 amide bonds. The Bertz CT molecular complexity index is 495. The summed E-state index contributed by atoms with van der Waals surface area (Å²) >= 11 is 0. The molecular weight excluding hydrogens is 244 g/mol. The summed E-state index contributed by atoms with van der Waals surface area (Å²) in [6, 6.07) is 9.58. The van der Waals surface area contributed by atoms with E-state index in [2.05, 4.69) is 0 Å². The Morgan fingerprint density at radius 2 is 2.26 bits per heavy atom. The number of benzene rings is 1. The van der Waals surface area contributed by atoms with Crippen molar-refractivity contribution in [1.29, 1.82) is 0 Å². The minimum atomic E-state index is -0.713. The summed E-state index contributed by atoms with van der Waals surface area (Å²) in [4.78, 5) is 0. The number of ether oxygens (including phenoxy) is 2. The van der Waals surface area contributed by atoms with Crippen LogP contribution in [0.25, 0.3) is 11.0 Å². The van der Waals surface area contributed by atoms with E-state index < -0.39 is 6.10 Å². The molecule has 0 aliphatic carbocycles. The quantitative estimate of drug-likeness (QED) is 0.899. The van der Waals surface area contributed by atoms with Crippen molar-refractivity contribution in [3.8, 4) is 0 Å². The molecule has 1 aromatic heterocycles. The molecule has 2 heterocycles. The monoisotopic (exact) mass is 262 g/mol. The van der Waals surface area contributed by atoms with E-state index >= 15 is 0 Å². The molecule has 1 saturated heterocycles. The van der Waals surface area contributed by atoms with Crippen molar-refractivity contribution in [3.05, 3.63) is 36.1 Å².